The molecule has 36 heavy (non-hydrogen) atoms. The van der Waals surface area contributed by atoms with E-state index in [0.717, 1.165) is 29.7 Å². The molecule has 188 valence electrons. The molecule has 1 amide bonds. The third-order valence-corrected chi connectivity index (χ3v) is 7.33. The second-order valence-corrected chi connectivity index (χ2v) is 10.2. The van der Waals surface area contributed by atoms with Crippen LogP contribution in [0, 0.1) is 11.8 Å². The molecule has 3 N–H and O–H groups in total. The summed E-state index contributed by atoms with van der Waals surface area (Å²) in [5, 5.41) is 10.6. The Labute approximate surface area is 213 Å². The Morgan fingerprint density at radius 3 is 2.47 bits per heavy atom. The molecule has 2 aliphatic rings. The molecule has 0 spiro atoms. The predicted molar refractivity (Wildman–Crippen MR) is 140 cm³/mol. The van der Waals surface area contributed by atoms with Crippen LogP contribution in [-0.2, 0) is 11.2 Å². The van der Waals surface area contributed by atoms with E-state index in [2.05, 4.69) is 49.0 Å². The fourth-order valence-corrected chi connectivity index (χ4v) is 5.46. The maximum Gasteiger partial charge on any atom is 0.242 e. The van der Waals surface area contributed by atoms with Crippen LogP contribution >= 0.6 is 0 Å². The molecule has 0 saturated carbocycles. The van der Waals surface area contributed by atoms with Gasteiger partial charge in [-0.2, -0.15) is 0 Å². The van der Waals surface area contributed by atoms with E-state index in [-0.39, 0.29) is 35.7 Å². The third kappa shape index (κ3) is 4.97. The van der Waals surface area contributed by atoms with Gasteiger partial charge in [0.15, 0.2) is 0 Å². The highest BCUT2D eigenvalue weighted by Gasteiger charge is 2.55. The van der Waals surface area contributed by atoms with E-state index in [0.29, 0.717) is 19.1 Å². The first-order valence-corrected chi connectivity index (χ1v) is 12.9. The Morgan fingerprint density at radius 1 is 0.944 bits per heavy atom. The first-order chi connectivity index (χ1) is 17.5. The number of hydrazine groups is 1. The number of nitrogens with zero attached hydrogens (tertiary/aromatic N) is 1. The van der Waals surface area contributed by atoms with E-state index in [1.54, 1.807) is 6.07 Å². The Hall–Kier alpha value is -3.35. The molecule has 0 radical (unpaired) electrons. The van der Waals surface area contributed by atoms with Gasteiger partial charge in [0.1, 0.15) is 17.5 Å². The summed E-state index contributed by atoms with van der Waals surface area (Å²) in [4.78, 5) is 15.7. The van der Waals surface area contributed by atoms with Crippen LogP contribution in [0.1, 0.15) is 49.0 Å². The molecule has 6 heteroatoms. The number of rotatable bonds is 9. The number of carbonyl (C=O) groups excluding carboxylic acids is 1. The van der Waals surface area contributed by atoms with Gasteiger partial charge in [-0.1, -0.05) is 74.5 Å². The summed E-state index contributed by atoms with van der Waals surface area (Å²) in [7, 11) is 0. The molecule has 2 aliphatic heterocycles. The van der Waals surface area contributed by atoms with Crippen LogP contribution in [0.25, 0.3) is 0 Å². The minimum Gasteiger partial charge on any atom is -0.508 e. The average Bonchev–Trinajstić information content (AvgIpc) is 3.42. The summed E-state index contributed by atoms with van der Waals surface area (Å²) in [5.74, 6) is 1.62. The first-order valence-electron chi connectivity index (χ1n) is 12.9. The van der Waals surface area contributed by atoms with E-state index in [1.807, 2.05) is 53.4 Å². The van der Waals surface area contributed by atoms with E-state index in [9.17, 15) is 9.90 Å². The lowest BCUT2D eigenvalue weighted by molar-refractivity contribution is -0.130. The molecule has 2 fully saturated rings. The summed E-state index contributed by atoms with van der Waals surface area (Å²) < 4.78 is 6.08. The molecule has 2 heterocycles. The van der Waals surface area contributed by atoms with Crippen molar-refractivity contribution >= 4 is 5.91 Å². The lowest BCUT2D eigenvalue weighted by atomic mass is 9.83. The number of amides is 1. The number of fused-ring (bicyclic) bond motifs is 1. The van der Waals surface area contributed by atoms with Crippen LogP contribution in [0.5, 0.6) is 11.5 Å². The number of likely N-dealkylation sites (tertiary alicyclic amines) is 1. The number of hydrogen-bond donors (Lipinski definition) is 3. The zero-order valence-electron chi connectivity index (χ0n) is 20.9. The lowest BCUT2D eigenvalue weighted by Crippen LogP contribution is -2.42. The number of phenols is 1. The number of benzene rings is 3. The number of carbonyl (C=O) groups is 1. The predicted octanol–water partition coefficient (Wildman–Crippen LogP) is 4.78. The minimum atomic E-state index is -0.374. The summed E-state index contributed by atoms with van der Waals surface area (Å²) in [6.07, 6.45) is 1.77. The maximum atomic E-state index is 13.7. The van der Waals surface area contributed by atoms with Gasteiger partial charge in [-0.15, -0.1) is 0 Å². The van der Waals surface area contributed by atoms with Gasteiger partial charge < -0.3 is 14.7 Å². The van der Waals surface area contributed by atoms with Crippen molar-refractivity contribution in [3.63, 3.8) is 0 Å². The Bertz CT molecular complexity index is 1180. The van der Waals surface area contributed by atoms with Gasteiger partial charge in [-0.3, -0.25) is 4.79 Å². The molecule has 3 aromatic rings. The molecule has 0 aliphatic carbocycles. The summed E-state index contributed by atoms with van der Waals surface area (Å²) in [6, 6.07) is 25.1. The highest BCUT2D eigenvalue weighted by atomic mass is 16.5. The minimum absolute atomic E-state index is 0.0810. The highest BCUT2D eigenvalue weighted by Crippen LogP contribution is 2.48. The largest absolute Gasteiger partial charge is 0.508 e. The Kier molecular flexibility index (Phi) is 7.25. The standard InChI is InChI=1S/C30H35N3O3/c1-20(2)16-18-36-23-12-8-11-22(19-23)29-26-27(24-13-6-7-14-25(24)34)31-32-28(26)30(35)33(29)17-15-21-9-4-3-5-10-21/h3-14,19-20,26-29,31-32,34H,15-18H2,1-2H3. The van der Waals surface area contributed by atoms with E-state index >= 15 is 0 Å². The zero-order valence-corrected chi connectivity index (χ0v) is 20.9. The Morgan fingerprint density at radius 2 is 1.69 bits per heavy atom. The maximum absolute atomic E-state index is 13.7. The van der Waals surface area contributed by atoms with Gasteiger partial charge in [-0.25, -0.2) is 10.9 Å². The quantitative estimate of drug-likeness (QED) is 0.407. The molecule has 5 rings (SSSR count). The van der Waals surface area contributed by atoms with Crippen molar-refractivity contribution in [1.82, 2.24) is 15.8 Å². The van der Waals surface area contributed by atoms with Crippen molar-refractivity contribution in [3.8, 4) is 11.5 Å². The van der Waals surface area contributed by atoms with Crippen LogP contribution in [-0.4, -0.2) is 35.1 Å². The monoisotopic (exact) mass is 485 g/mol. The molecule has 4 unspecified atom stereocenters. The zero-order chi connectivity index (χ0) is 25.1. The second kappa shape index (κ2) is 10.7. The summed E-state index contributed by atoms with van der Waals surface area (Å²) in [5.41, 5.74) is 9.62. The fourth-order valence-electron chi connectivity index (χ4n) is 5.46. The Balaban J connectivity index is 1.48. The van der Waals surface area contributed by atoms with Crippen LogP contribution in [0.3, 0.4) is 0 Å². The molecule has 2 saturated heterocycles. The van der Waals surface area contributed by atoms with Crippen molar-refractivity contribution < 1.29 is 14.6 Å². The highest BCUT2D eigenvalue weighted by molar-refractivity contribution is 5.86. The van der Waals surface area contributed by atoms with Gasteiger partial charge in [0.05, 0.1) is 18.7 Å². The number of aromatic hydroxyl groups is 1. The second-order valence-electron chi connectivity index (χ2n) is 10.2. The topological polar surface area (TPSA) is 73.8 Å². The lowest BCUT2D eigenvalue weighted by Gasteiger charge is -2.31. The number of nitrogens with one attached hydrogen (secondary N) is 2. The van der Waals surface area contributed by atoms with Crippen molar-refractivity contribution in [2.75, 3.05) is 13.2 Å². The van der Waals surface area contributed by atoms with Crippen LogP contribution in [0.15, 0.2) is 78.9 Å². The number of hydrogen-bond acceptors (Lipinski definition) is 5. The molecule has 4 atom stereocenters. The molecule has 6 nitrogen and oxygen atoms in total. The molecular formula is C30H35N3O3. The van der Waals surface area contributed by atoms with Gasteiger partial charge in [0, 0.05) is 18.0 Å². The van der Waals surface area contributed by atoms with Crippen LogP contribution in [0.2, 0.25) is 0 Å². The number of ether oxygens (including phenoxy) is 1. The van der Waals surface area contributed by atoms with Gasteiger partial charge >= 0.3 is 0 Å². The first kappa shape index (κ1) is 24.3. The van der Waals surface area contributed by atoms with E-state index < -0.39 is 0 Å². The third-order valence-electron chi connectivity index (χ3n) is 7.33. The molecule has 0 aromatic heterocycles. The molecular weight excluding hydrogens is 450 g/mol. The van der Waals surface area contributed by atoms with Gasteiger partial charge in [0.2, 0.25) is 5.91 Å². The van der Waals surface area contributed by atoms with Crippen molar-refractivity contribution in [1.29, 1.82) is 0 Å². The number of phenolic OH excluding ortho intramolecular Hbond substituents is 1. The summed E-state index contributed by atoms with van der Waals surface area (Å²) in [6.45, 7) is 5.66. The van der Waals surface area contributed by atoms with Crippen molar-refractivity contribution in [3.05, 3.63) is 95.6 Å². The fraction of sp³-hybridized carbons (Fsp3) is 0.367. The summed E-state index contributed by atoms with van der Waals surface area (Å²) >= 11 is 0. The van der Waals surface area contributed by atoms with Gasteiger partial charge in [-0.05, 0) is 48.1 Å². The van der Waals surface area contributed by atoms with Gasteiger partial charge in [0.25, 0.3) is 0 Å². The van der Waals surface area contributed by atoms with Crippen molar-refractivity contribution in [2.24, 2.45) is 11.8 Å². The van der Waals surface area contributed by atoms with Crippen LogP contribution in [0.4, 0.5) is 0 Å². The van der Waals surface area contributed by atoms with Crippen LogP contribution < -0.4 is 15.6 Å². The average molecular weight is 486 g/mol. The van der Waals surface area contributed by atoms with E-state index in [4.69, 9.17) is 4.74 Å². The molecule has 3 aromatic carbocycles. The smallest absolute Gasteiger partial charge is 0.242 e. The van der Waals surface area contributed by atoms with E-state index in [1.165, 1.54) is 5.56 Å². The normalized spacial score (nSPS) is 23.3. The van der Waals surface area contributed by atoms with Crippen molar-refractivity contribution in [2.45, 2.75) is 44.8 Å². The SMILES string of the molecule is CC(C)CCOc1cccc(C2C3C(NNC3c3ccccc3O)C(=O)N2CCc2ccccc2)c1. The molecule has 0 bridgehead atoms. The number of para-hydroxylation sites is 1.